The van der Waals surface area contributed by atoms with Crippen molar-refractivity contribution < 1.29 is 22.7 Å². The number of aromatic nitrogens is 1. The van der Waals surface area contributed by atoms with Crippen molar-refractivity contribution >= 4 is 5.91 Å². The molecule has 0 bridgehead atoms. The highest BCUT2D eigenvalue weighted by Crippen LogP contribution is 2.44. The molecule has 4 rings (SSSR count). The van der Waals surface area contributed by atoms with Crippen LogP contribution in [0.4, 0.5) is 13.2 Å². The van der Waals surface area contributed by atoms with Gasteiger partial charge < -0.3 is 15.0 Å². The molecular formula is C24H21F3N2O3. The minimum absolute atomic E-state index is 0.00717. The second-order valence-corrected chi connectivity index (χ2v) is 7.80. The Labute approximate surface area is 182 Å². The van der Waals surface area contributed by atoms with Crippen molar-refractivity contribution in [2.24, 2.45) is 0 Å². The van der Waals surface area contributed by atoms with Crippen LogP contribution in [0.25, 0.3) is 0 Å². The van der Waals surface area contributed by atoms with Gasteiger partial charge >= 0.3 is 6.18 Å². The van der Waals surface area contributed by atoms with Crippen molar-refractivity contribution in [3.8, 4) is 11.5 Å². The Morgan fingerprint density at radius 3 is 2.56 bits per heavy atom. The average molecular weight is 442 g/mol. The summed E-state index contributed by atoms with van der Waals surface area (Å²) in [6, 6.07) is 11.4. The Bertz CT molecular complexity index is 1280. The smallest absolute Gasteiger partial charge is 0.431 e. The SMILES string of the molecule is CCc1cc(C(=O)NC2c3ccc(C)cc3Oc3cccc(C)c32)c(=O)[nH]c1C(F)(F)F. The van der Waals surface area contributed by atoms with E-state index in [2.05, 4.69) is 5.32 Å². The Kier molecular flexibility index (Phi) is 5.32. The number of halogens is 3. The van der Waals surface area contributed by atoms with Crippen LogP contribution in [0.5, 0.6) is 11.5 Å². The molecule has 0 saturated heterocycles. The van der Waals surface area contributed by atoms with E-state index in [1.54, 1.807) is 6.07 Å². The van der Waals surface area contributed by atoms with E-state index in [9.17, 15) is 22.8 Å². The minimum atomic E-state index is -4.72. The van der Waals surface area contributed by atoms with Gasteiger partial charge in [-0.25, -0.2) is 0 Å². The number of hydrogen-bond donors (Lipinski definition) is 2. The molecule has 32 heavy (non-hydrogen) atoms. The van der Waals surface area contributed by atoms with Gasteiger partial charge in [-0.3, -0.25) is 9.59 Å². The normalized spacial score (nSPS) is 14.9. The molecule has 1 aliphatic rings. The first-order chi connectivity index (χ1) is 15.1. The van der Waals surface area contributed by atoms with Crippen LogP contribution in [0.1, 0.15) is 56.8 Å². The maximum Gasteiger partial charge on any atom is 0.431 e. The monoisotopic (exact) mass is 442 g/mol. The number of amides is 1. The summed E-state index contributed by atoms with van der Waals surface area (Å²) >= 11 is 0. The van der Waals surface area contributed by atoms with Crippen LogP contribution >= 0.6 is 0 Å². The fourth-order valence-electron chi connectivity index (χ4n) is 3.99. The quantitative estimate of drug-likeness (QED) is 0.586. The number of hydrogen-bond acceptors (Lipinski definition) is 3. The molecule has 0 aliphatic carbocycles. The molecule has 1 atom stereocenters. The molecular weight excluding hydrogens is 421 g/mol. The lowest BCUT2D eigenvalue weighted by Crippen LogP contribution is -2.36. The number of nitrogens with one attached hydrogen (secondary N) is 2. The predicted octanol–water partition coefficient (Wildman–Crippen LogP) is 5.20. The molecule has 2 N–H and O–H groups in total. The minimum Gasteiger partial charge on any atom is -0.457 e. The van der Waals surface area contributed by atoms with E-state index < -0.39 is 29.4 Å². The number of ether oxygens (including phenoxy) is 1. The number of aryl methyl sites for hydroxylation is 3. The first kappa shape index (κ1) is 21.7. The maximum absolute atomic E-state index is 13.2. The summed E-state index contributed by atoms with van der Waals surface area (Å²) in [5, 5.41) is 2.84. The zero-order valence-electron chi connectivity index (χ0n) is 17.7. The van der Waals surface area contributed by atoms with Gasteiger partial charge in [-0.05, 0) is 55.2 Å². The average Bonchev–Trinajstić information content (AvgIpc) is 2.72. The largest absolute Gasteiger partial charge is 0.457 e. The van der Waals surface area contributed by atoms with Gasteiger partial charge in [0.2, 0.25) is 0 Å². The summed E-state index contributed by atoms with van der Waals surface area (Å²) in [5.74, 6) is 0.384. The molecule has 0 spiro atoms. The summed E-state index contributed by atoms with van der Waals surface area (Å²) in [6.45, 7) is 5.32. The van der Waals surface area contributed by atoms with Crippen LogP contribution in [0.2, 0.25) is 0 Å². The number of H-pyrrole nitrogens is 1. The third-order valence-corrected chi connectivity index (χ3v) is 5.58. The van der Waals surface area contributed by atoms with E-state index >= 15 is 0 Å². The highest BCUT2D eigenvalue weighted by atomic mass is 19.4. The number of pyridine rings is 1. The number of carbonyl (C=O) groups is 1. The van der Waals surface area contributed by atoms with Crippen LogP contribution < -0.4 is 15.6 Å². The van der Waals surface area contributed by atoms with Crippen molar-refractivity contribution in [3.05, 3.63) is 91.9 Å². The molecule has 0 saturated carbocycles. The number of aromatic amines is 1. The van der Waals surface area contributed by atoms with Gasteiger partial charge in [0.05, 0.1) is 6.04 Å². The zero-order chi connectivity index (χ0) is 23.2. The summed E-state index contributed by atoms with van der Waals surface area (Å²) < 4.78 is 45.8. The summed E-state index contributed by atoms with van der Waals surface area (Å²) in [4.78, 5) is 27.4. The van der Waals surface area contributed by atoms with Crippen molar-refractivity contribution in [3.63, 3.8) is 0 Å². The second kappa shape index (κ2) is 7.85. The Morgan fingerprint density at radius 2 is 1.88 bits per heavy atom. The van der Waals surface area contributed by atoms with Crippen LogP contribution in [0.15, 0.2) is 47.3 Å². The fraction of sp³-hybridized carbons (Fsp3) is 0.250. The van der Waals surface area contributed by atoms with E-state index in [0.717, 1.165) is 22.8 Å². The van der Waals surface area contributed by atoms with Gasteiger partial charge in [0, 0.05) is 11.1 Å². The zero-order valence-corrected chi connectivity index (χ0v) is 17.7. The first-order valence-corrected chi connectivity index (χ1v) is 10.1. The van der Waals surface area contributed by atoms with Crippen molar-refractivity contribution in [2.75, 3.05) is 0 Å². The van der Waals surface area contributed by atoms with Crippen molar-refractivity contribution in [1.29, 1.82) is 0 Å². The van der Waals surface area contributed by atoms with Crippen LogP contribution in [0.3, 0.4) is 0 Å². The second-order valence-electron chi connectivity index (χ2n) is 7.80. The molecule has 0 radical (unpaired) electrons. The third kappa shape index (κ3) is 3.77. The Morgan fingerprint density at radius 1 is 1.12 bits per heavy atom. The van der Waals surface area contributed by atoms with E-state index in [1.165, 1.54) is 6.92 Å². The van der Waals surface area contributed by atoms with Crippen LogP contribution in [0, 0.1) is 13.8 Å². The number of carbonyl (C=O) groups excluding carboxylic acids is 1. The Hall–Kier alpha value is -3.55. The van der Waals surface area contributed by atoms with Gasteiger partial charge in [-0.2, -0.15) is 13.2 Å². The molecule has 166 valence electrons. The lowest BCUT2D eigenvalue weighted by atomic mass is 9.90. The molecule has 1 aromatic heterocycles. The lowest BCUT2D eigenvalue weighted by Gasteiger charge is -2.30. The van der Waals surface area contributed by atoms with E-state index in [-0.39, 0.29) is 17.5 Å². The standard InChI is InChI=1S/C24H21F3N2O3/c1-4-14-11-16(23(31)29-21(14)24(25,26)27)22(30)28-20-15-9-8-12(2)10-18(15)32-17-7-5-6-13(3)19(17)20/h5-11,20H,4H2,1-3H3,(H,28,30)(H,29,31). The van der Waals surface area contributed by atoms with Gasteiger partial charge in [-0.15, -0.1) is 0 Å². The van der Waals surface area contributed by atoms with Gasteiger partial charge in [-0.1, -0.05) is 31.2 Å². The molecule has 1 aliphatic heterocycles. The predicted molar refractivity (Wildman–Crippen MR) is 113 cm³/mol. The highest BCUT2D eigenvalue weighted by molar-refractivity contribution is 5.94. The number of alkyl halides is 3. The summed E-state index contributed by atoms with van der Waals surface area (Å²) in [5.41, 5.74) is 0.530. The first-order valence-electron chi connectivity index (χ1n) is 10.1. The molecule has 8 heteroatoms. The van der Waals surface area contributed by atoms with E-state index in [4.69, 9.17) is 4.74 Å². The molecule has 1 unspecified atom stereocenters. The fourth-order valence-corrected chi connectivity index (χ4v) is 3.99. The third-order valence-electron chi connectivity index (χ3n) is 5.58. The van der Waals surface area contributed by atoms with Crippen molar-refractivity contribution in [1.82, 2.24) is 10.3 Å². The van der Waals surface area contributed by atoms with Gasteiger partial charge in [0.25, 0.3) is 11.5 Å². The molecule has 2 aromatic carbocycles. The lowest BCUT2D eigenvalue weighted by molar-refractivity contribution is -0.141. The van der Waals surface area contributed by atoms with Crippen LogP contribution in [-0.2, 0) is 12.6 Å². The van der Waals surface area contributed by atoms with Gasteiger partial charge in [0.1, 0.15) is 22.8 Å². The number of fused-ring (bicyclic) bond motifs is 2. The van der Waals surface area contributed by atoms with E-state index in [1.807, 2.05) is 49.2 Å². The molecule has 1 amide bonds. The van der Waals surface area contributed by atoms with Gasteiger partial charge in [0.15, 0.2) is 0 Å². The summed E-state index contributed by atoms with van der Waals surface area (Å²) in [7, 11) is 0. The number of rotatable bonds is 3. The molecule has 0 fully saturated rings. The van der Waals surface area contributed by atoms with Crippen LogP contribution in [-0.4, -0.2) is 10.9 Å². The molecule has 5 nitrogen and oxygen atoms in total. The highest BCUT2D eigenvalue weighted by Gasteiger charge is 2.36. The van der Waals surface area contributed by atoms with Crippen molar-refractivity contribution in [2.45, 2.75) is 39.4 Å². The summed E-state index contributed by atoms with van der Waals surface area (Å²) in [6.07, 6.45) is -4.71. The molecule has 2 heterocycles. The topological polar surface area (TPSA) is 71.2 Å². The van der Waals surface area contributed by atoms with E-state index in [0.29, 0.717) is 17.1 Å². The maximum atomic E-state index is 13.2. The Balaban J connectivity index is 1.79. The molecule has 3 aromatic rings. The number of benzene rings is 2.